The van der Waals surface area contributed by atoms with Crippen LogP contribution in [0.5, 0.6) is 5.88 Å². The van der Waals surface area contributed by atoms with E-state index in [1.165, 1.54) is 0 Å². The third-order valence-electron chi connectivity index (χ3n) is 1.52. The number of ether oxygens (including phenoxy) is 3. The Balaban J connectivity index is 1.96. The first-order chi connectivity index (χ1) is 7.34. The van der Waals surface area contributed by atoms with E-state index in [2.05, 4.69) is 8.75 Å². The molecule has 0 aliphatic carbocycles. The van der Waals surface area contributed by atoms with Gasteiger partial charge in [-0.3, -0.25) is 0 Å². The third kappa shape index (κ3) is 5.27. The molecular formula is C8H13ClN2O3S. The minimum absolute atomic E-state index is 0.305. The van der Waals surface area contributed by atoms with Crippen LogP contribution in [-0.4, -0.2) is 42.3 Å². The lowest BCUT2D eigenvalue weighted by Gasteiger charge is -2.04. The van der Waals surface area contributed by atoms with E-state index in [1.807, 2.05) is 0 Å². The van der Waals surface area contributed by atoms with Crippen LogP contribution >= 0.6 is 23.3 Å². The molecule has 0 aliphatic heterocycles. The van der Waals surface area contributed by atoms with E-state index in [1.54, 1.807) is 7.11 Å². The number of methoxy groups -OCH3 is 1. The molecule has 86 valence electrons. The van der Waals surface area contributed by atoms with Crippen molar-refractivity contribution in [2.45, 2.75) is 6.42 Å². The number of halogens is 1. The van der Waals surface area contributed by atoms with Crippen LogP contribution in [0.1, 0.15) is 6.42 Å². The quantitative estimate of drug-likeness (QED) is 0.658. The Morgan fingerprint density at radius 3 is 2.73 bits per heavy atom. The molecule has 0 amide bonds. The monoisotopic (exact) mass is 252 g/mol. The van der Waals surface area contributed by atoms with Gasteiger partial charge in [-0.25, -0.2) is 0 Å². The largest absolute Gasteiger partial charge is 0.472 e. The zero-order valence-electron chi connectivity index (χ0n) is 8.44. The third-order valence-corrected chi connectivity index (χ3v) is 2.38. The first-order valence-electron chi connectivity index (χ1n) is 4.52. The highest BCUT2D eigenvalue weighted by Gasteiger charge is 2.05. The Kier molecular flexibility index (Phi) is 6.58. The van der Waals surface area contributed by atoms with Crippen LogP contribution < -0.4 is 4.74 Å². The molecule has 7 heteroatoms. The Bertz CT molecular complexity index is 272. The zero-order valence-corrected chi connectivity index (χ0v) is 10.0. The predicted octanol–water partition coefficient (Wildman–Crippen LogP) is 1.62. The van der Waals surface area contributed by atoms with Crippen LogP contribution in [0.15, 0.2) is 0 Å². The van der Waals surface area contributed by atoms with Crippen LogP contribution in [0, 0.1) is 0 Å². The summed E-state index contributed by atoms with van der Waals surface area (Å²) in [4.78, 5) is 0. The van der Waals surface area contributed by atoms with Gasteiger partial charge in [0.25, 0.3) is 5.88 Å². The highest BCUT2D eigenvalue weighted by molar-refractivity contribution is 6.99. The van der Waals surface area contributed by atoms with E-state index in [4.69, 9.17) is 25.8 Å². The summed E-state index contributed by atoms with van der Waals surface area (Å²) < 4.78 is 23.0. The molecule has 0 saturated heterocycles. The highest BCUT2D eigenvalue weighted by Crippen LogP contribution is 2.19. The topological polar surface area (TPSA) is 53.5 Å². The Morgan fingerprint density at radius 1 is 1.20 bits per heavy atom. The van der Waals surface area contributed by atoms with Crippen LogP contribution in [-0.2, 0) is 9.47 Å². The van der Waals surface area contributed by atoms with Gasteiger partial charge in [0, 0.05) is 20.3 Å². The zero-order chi connectivity index (χ0) is 10.9. The summed E-state index contributed by atoms with van der Waals surface area (Å²) >= 11 is 6.70. The molecule has 0 fully saturated rings. The van der Waals surface area contributed by atoms with Gasteiger partial charge in [0.15, 0.2) is 0 Å². The summed E-state index contributed by atoms with van der Waals surface area (Å²) in [6, 6.07) is 0. The summed E-state index contributed by atoms with van der Waals surface area (Å²) in [7, 11) is 1.67. The van der Waals surface area contributed by atoms with Crippen molar-refractivity contribution in [2.24, 2.45) is 0 Å². The molecular weight excluding hydrogens is 240 g/mol. The fourth-order valence-corrected chi connectivity index (χ4v) is 1.50. The van der Waals surface area contributed by atoms with Gasteiger partial charge in [0.1, 0.15) is 6.61 Å². The molecule has 0 N–H and O–H groups in total. The molecule has 15 heavy (non-hydrogen) atoms. The maximum Gasteiger partial charge on any atom is 0.265 e. The Hall–Kier alpha value is -0.430. The normalized spacial score (nSPS) is 10.5. The number of hydrogen-bond acceptors (Lipinski definition) is 6. The van der Waals surface area contributed by atoms with Gasteiger partial charge in [0.05, 0.1) is 18.3 Å². The van der Waals surface area contributed by atoms with Crippen molar-refractivity contribution in [1.29, 1.82) is 0 Å². The molecule has 0 aromatic carbocycles. The van der Waals surface area contributed by atoms with Gasteiger partial charge < -0.3 is 14.2 Å². The molecule has 0 spiro atoms. The first-order valence-corrected chi connectivity index (χ1v) is 5.63. The van der Waals surface area contributed by atoms with E-state index in [-0.39, 0.29) is 0 Å². The highest BCUT2D eigenvalue weighted by atomic mass is 35.5. The summed E-state index contributed by atoms with van der Waals surface area (Å²) in [5.41, 5.74) is 0. The summed E-state index contributed by atoms with van der Waals surface area (Å²) in [6.07, 6.45) is 0.884. The summed E-state index contributed by atoms with van der Waals surface area (Å²) in [6.45, 7) is 2.32. The molecule has 1 rings (SSSR count). The first kappa shape index (κ1) is 12.6. The molecule has 5 nitrogen and oxygen atoms in total. The van der Waals surface area contributed by atoms with E-state index < -0.39 is 0 Å². The van der Waals surface area contributed by atoms with Crippen LogP contribution in [0.3, 0.4) is 0 Å². The average Bonchev–Trinajstić information content (AvgIpc) is 2.63. The van der Waals surface area contributed by atoms with Gasteiger partial charge in [-0.2, -0.15) is 4.37 Å². The van der Waals surface area contributed by atoms with Crippen LogP contribution in [0.25, 0.3) is 0 Å². The van der Waals surface area contributed by atoms with E-state index >= 15 is 0 Å². The van der Waals surface area contributed by atoms with Gasteiger partial charge in [-0.15, -0.1) is 4.37 Å². The van der Waals surface area contributed by atoms with Gasteiger partial charge in [-0.1, -0.05) is 11.6 Å². The van der Waals surface area contributed by atoms with Crippen molar-refractivity contribution in [3.63, 3.8) is 0 Å². The Morgan fingerprint density at radius 2 is 2.07 bits per heavy atom. The summed E-state index contributed by atoms with van der Waals surface area (Å²) in [5.74, 6) is 0.377. The van der Waals surface area contributed by atoms with E-state index in [0.717, 1.165) is 18.1 Å². The fraction of sp³-hybridized carbons (Fsp3) is 0.750. The standard InChI is InChI=1S/C8H13ClN2O3S/c1-12-3-2-4-13-5-6-14-8-7(9)10-15-11-8/h2-6H2,1H3. The van der Waals surface area contributed by atoms with Crippen molar-refractivity contribution < 1.29 is 14.2 Å². The smallest absolute Gasteiger partial charge is 0.265 e. The maximum atomic E-state index is 5.68. The molecule has 0 radical (unpaired) electrons. The molecule has 0 bridgehead atoms. The van der Waals surface area contributed by atoms with Gasteiger partial charge in [-0.05, 0) is 6.42 Å². The molecule has 1 aromatic rings. The maximum absolute atomic E-state index is 5.68. The van der Waals surface area contributed by atoms with Crippen LogP contribution in [0.2, 0.25) is 5.15 Å². The minimum Gasteiger partial charge on any atom is -0.472 e. The SMILES string of the molecule is COCCCOCCOc1nsnc1Cl. The average molecular weight is 253 g/mol. The number of aromatic nitrogens is 2. The van der Waals surface area contributed by atoms with Crippen molar-refractivity contribution in [3.8, 4) is 5.88 Å². The lowest BCUT2D eigenvalue weighted by atomic mass is 10.5. The molecule has 0 atom stereocenters. The Labute approximate surface area is 97.6 Å². The predicted molar refractivity (Wildman–Crippen MR) is 57.7 cm³/mol. The molecule has 0 unspecified atom stereocenters. The van der Waals surface area contributed by atoms with Crippen molar-refractivity contribution in [2.75, 3.05) is 33.5 Å². The molecule has 0 aliphatic rings. The summed E-state index contributed by atoms with van der Waals surface area (Å²) in [5, 5.41) is 0.305. The fourth-order valence-electron chi connectivity index (χ4n) is 0.861. The van der Waals surface area contributed by atoms with Crippen molar-refractivity contribution in [1.82, 2.24) is 8.75 Å². The van der Waals surface area contributed by atoms with Crippen LogP contribution in [0.4, 0.5) is 0 Å². The number of hydrogen-bond donors (Lipinski definition) is 0. The lowest BCUT2D eigenvalue weighted by Crippen LogP contribution is -2.08. The van der Waals surface area contributed by atoms with Crippen molar-refractivity contribution >= 4 is 23.3 Å². The molecule has 0 saturated carbocycles. The second kappa shape index (κ2) is 7.81. The second-order valence-corrected chi connectivity index (χ2v) is 3.55. The number of nitrogens with zero attached hydrogens (tertiary/aromatic N) is 2. The molecule has 1 aromatic heterocycles. The van der Waals surface area contributed by atoms with E-state index in [9.17, 15) is 0 Å². The molecule has 1 heterocycles. The minimum atomic E-state index is 0.305. The van der Waals surface area contributed by atoms with Gasteiger partial charge >= 0.3 is 0 Å². The second-order valence-electron chi connectivity index (χ2n) is 2.67. The lowest BCUT2D eigenvalue weighted by molar-refractivity contribution is 0.0798. The van der Waals surface area contributed by atoms with Gasteiger partial charge in [0.2, 0.25) is 5.15 Å². The van der Waals surface area contributed by atoms with E-state index in [0.29, 0.717) is 37.5 Å². The van der Waals surface area contributed by atoms with Crippen molar-refractivity contribution in [3.05, 3.63) is 5.15 Å². The number of rotatable bonds is 8.